The molecule has 1 aliphatic carbocycles. The molecule has 1 heterocycles. The molecule has 1 aliphatic heterocycles. The van der Waals surface area contributed by atoms with E-state index >= 15 is 0 Å². The highest BCUT2D eigenvalue weighted by Gasteiger charge is 2.30. The summed E-state index contributed by atoms with van der Waals surface area (Å²) in [5, 5.41) is 10.2. The Kier molecular flexibility index (Phi) is 5.20. The number of allylic oxidation sites excluding steroid dienone is 2. The lowest BCUT2D eigenvalue weighted by molar-refractivity contribution is -0.142. The molecule has 4 unspecified atom stereocenters. The van der Waals surface area contributed by atoms with Gasteiger partial charge < -0.3 is 9.84 Å². The fourth-order valence-corrected chi connectivity index (χ4v) is 3.09. The van der Waals surface area contributed by atoms with Crippen molar-refractivity contribution in [1.82, 2.24) is 0 Å². The number of aliphatic hydroxyl groups excluding tert-OH is 1. The van der Waals surface area contributed by atoms with Crippen LogP contribution in [0, 0.1) is 11.8 Å². The lowest BCUT2D eigenvalue weighted by atomic mass is 9.90. The summed E-state index contributed by atoms with van der Waals surface area (Å²) in [4.78, 5) is 11.6. The summed E-state index contributed by atoms with van der Waals surface area (Å²) in [6.45, 7) is 1.92. The summed E-state index contributed by atoms with van der Waals surface area (Å²) >= 11 is 0. The lowest BCUT2D eigenvalue weighted by Gasteiger charge is -2.20. The minimum atomic E-state index is -0.541. The smallest absolute Gasteiger partial charge is 0.330 e. The van der Waals surface area contributed by atoms with Crippen molar-refractivity contribution in [3.8, 4) is 0 Å². The van der Waals surface area contributed by atoms with Crippen molar-refractivity contribution in [2.45, 2.75) is 57.7 Å². The van der Waals surface area contributed by atoms with Crippen molar-refractivity contribution >= 4 is 5.97 Å². The third-order valence-electron chi connectivity index (χ3n) is 4.18. The first-order chi connectivity index (χ1) is 9.16. The van der Waals surface area contributed by atoms with Crippen LogP contribution in [0.1, 0.15) is 45.4 Å². The molecule has 0 saturated heterocycles. The average Bonchev–Trinajstić information content (AvgIpc) is 2.83. The van der Waals surface area contributed by atoms with Crippen LogP contribution in [0.2, 0.25) is 0 Å². The predicted molar refractivity (Wildman–Crippen MR) is 74.5 cm³/mol. The molecular weight excluding hydrogens is 240 g/mol. The fourth-order valence-electron chi connectivity index (χ4n) is 3.09. The largest absolute Gasteiger partial charge is 0.460 e. The Hall–Kier alpha value is -1.09. The van der Waals surface area contributed by atoms with E-state index in [0.717, 1.165) is 38.5 Å². The molecule has 2 rings (SSSR count). The topological polar surface area (TPSA) is 46.5 Å². The van der Waals surface area contributed by atoms with Crippen LogP contribution in [0.3, 0.4) is 0 Å². The van der Waals surface area contributed by atoms with Gasteiger partial charge in [0.05, 0.1) is 12.2 Å². The molecule has 1 fully saturated rings. The molecule has 0 radical (unpaired) electrons. The van der Waals surface area contributed by atoms with Gasteiger partial charge in [-0.3, -0.25) is 0 Å². The summed E-state index contributed by atoms with van der Waals surface area (Å²) in [7, 11) is 0. The second kappa shape index (κ2) is 6.90. The van der Waals surface area contributed by atoms with Crippen LogP contribution in [0.25, 0.3) is 0 Å². The van der Waals surface area contributed by atoms with E-state index in [2.05, 4.69) is 12.2 Å². The predicted octanol–water partition coefficient (Wildman–Crippen LogP) is 2.99. The van der Waals surface area contributed by atoms with Gasteiger partial charge in [-0.15, -0.1) is 0 Å². The van der Waals surface area contributed by atoms with Crippen LogP contribution in [-0.4, -0.2) is 23.3 Å². The van der Waals surface area contributed by atoms with Crippen LogP contribution in [0.15, 0.2) is 24.3 Å². The van der Waals surface area contributed by atoms with Crippen molar-refractivity contribution < 1.29 is 14.6 Å². The zero-order chi connectivity index (χ0) is 13.7. The number of rotatable bonds is 0. The van der Waals surface area contributed by atoms with E-state index in [9.17, 15) is 9.90 Å². The molecule has 3 nitrogen and oxygen atoms in total. The molecule has 0 spiro atoms. The van der Waals surface area contributed by atoms with Crippen LogP contribution in [-0.2, 0) is 9.53 Å². The van der Waals surface area contributed by atoms with Gasteiger partial charge in [-0.05, 0) is 56.9 Å². The molecular formula is C16H24O3. The van der Waals surface area contributed by atoms with Crippen LogP contribution in [0.5, 0.6) is 0 Å². The molecule has 0 aromatic carbocycles. The van der Waals surface area contributed by atoms with Gasteiger partial charge >= 0.3 is 5.97 Å². The maximum absolute atomic E-state index is 11.6. The van der Waals surface area contributed by atoms with Gasteiger partial charge in [0.15, 0.2) is 0 Å². The second-order valence-corrected chi connectivity index (χ2v) is 5.71. The number of fused-ring (bicyclic) bond motifs is 1. The van der Waals surface area contributed by atoms with Crippen LogP contribution < -0.4 is 0 Å². The standard InChI is InChI=1S/C16H24O3/c1-12-6-3-2-4-7-13-8-5-9-14(13)15(17)10-11-16(18)19-12/h4,7,10-15,17H,2-3,5-6,8-9H2,1H3. The Morgan fingerprint density at radius 3 is 2.89 bits per heavy atom. The number of hydrogen-bond acceptors (Lipinski definition) is 3. The minimum absolute atomic E-state index is 0.0528. The van der Waals surface area contributed by atoms with E-state index < -0.39 is 6.10 Å². The van der Waals surface area contributed by atoms with Gasteiger partial charge in [0.1, 0.15) is 0 Å². The van der Waals surface area contributed by atoms with E-state index in [1.807, 2.05) is 6.92 Å². The van der Waals surface area contributed by atoms with Crippen LogP contribution in [0.4, 0.5) is 0 Å². The van der Waals surface area contributed by atoms with Gasteiger partial charge in [0.25, 0.3) is 0 Å². The Morgan fingerprint density at radius 2 is 2.05 bits per heavy atom. The van der Waals surface area contributed by atoms with E-state index in [-0.39, 0.29) is 18.0 Å². The van der Waals surface area contributed by atoms with Crippen molar-refractivity contribution in [3.63, 3.8) is 0 Å². The molecule has 1 N–H and O–H groups in total. The number of aliphatic hydroxyl groups is 1. The van der Waals surface area contributed by atoms with Crippen molar-refractivity contribution in [1.29, 1.82) is 0 Å². The summed E-state index contributed by atoms with van der Waals surface area (Å²) in [5.74, 6) is 0.362. The molecule has 0 aromatic heterocycles. The van der Waals surface area contributed by atoms with Crippen molar-refractivity contribution in [3.05, 3.63) is 24.3 Å². The first-order valence-electron chi connectivity index (χ1n) is 7.40. The quantitative estimate of drug-likeness (QED) is 0.540. The number of hydrogen-bond donors (Lipinski definition) is 1. The molecule has 2 aliphatic rings. The fraction of sp³-hybridized carbons (Fsp3) is 0.688. The summed E-state index contributed by atoms with van der Waals surface area (Å²) in [5.41, 5.74) is 0. The summed E-state index contributed by atoms with van der Waals surface area (Å²) in [6, 6.07) is 0. The number of carbonyl (C=O) groups excluding carboxylic acids is 1. The SMILES string of the molecule is CC1CCCC=CC2CCCC2C(O)C=CC(=O)O1. The molecule has 0 aromatic rings. The normalized spacial score (nSPS) is 36.8. The maximum Gasteiger partial charge on any atom is 0.330 e. The van der Waals surface area contributed by atoms with Crippen molar-refractivity contribution in [2.24, 2.45) is 11.8 Å². The van der Waals surface area contributed by atoms with Gasteiger partial charge in [0, 0.05) is 6.08 Å². The highest BCUT2D eigenvalue weighted by Crippen LogP contribution is 2.35. The molecule has 106 valence electrons. The highest BCUT2D eigenvalue weighted by molar-refractivity contribution is 5.82. The van der Waals surface area contributed by atoms with Gasteiger partial charge in [-0.25, -0.2) is 4.79 Å². The molecule has 0 bridgehead atoms. The van der Waals surface area contributed by atoms with Gasteiger partial charge in [-0.2, -0.15) is 0 Å². The monoisotopic (exact) mass is 264 g/mol. The highest BCUT2D eigenvalue weighted by atomic mass is 16.5. The molecule has 1 saturated carbocycles. The summed E-state index contributed by atoms with van der Waals surface area (Å²) in [6.07, 6.45) is 13.2. The third-order valence-corrected chi connectivity index (χ3v) is 4.18. The van der Waals surface area contributed by atoms with E-state index in [0.29, 0.717) is 5.92 Å². The number of cyclic esters (lactones) is 1. The first kappa shape index (κ1) is 14.3. The molecule has 4 atom stereocenters. The molecule has 3 heteroatoms. The maximum atomic E-state index is 11.6. The Morgan fingerprint density at radius 1 is 1.21 bits per heavy atom. The number of ether oxygens (including phenoxy) is 1. The van der Waals surface area contributed by atoms with Gasteiger partial charge in [-0.1, -0.05) is 18.6 Å². The molecule has 0 amide bonds. The van der Waals surface area contributed by atoms with E-state index in [1.54, 1.807) is 6.08 Å². The molecule has 19 heavy (non-hydrogen) atoms. The van der Waals surface area contributed by atoms with Crippen molar-refractivity contribution in [2.75, 3.05) is 0 Å². The summed E-state index contributed by atoms with van der Waals surface area (Å²) < 4.78 is 5.26. The van der Waals surface area contributed by atoms with Crippen LogP contribution >= 0.6 is 0 Å². The Labute approximate surface area is 115 Å². The van der Waals surface area contributed by atoms with E-state index in [1.165, 1.54) is 6.08 Å². The second-order valence-electron chi connectivity index (χ2n) is 5.71. The number of esters is 1. The first-order valence-corrected chi connectivity index (χ1v) is 7.40. The lowest BCUT2D eigenvalue weighted by Crippen LogP contribution is -2.21. The Bertz CT molecular complexity index is 359. The van der Waals surface area contributed by atoms with Gasteiger partial charge in [0.2, 0.25) is 0 Å². The zero-order valence-corrected chi connectivity index (χ0v) is 11.6. The zero-order valence-electron chi connectivity index (χ0n) is 11.6. The third kappa shape index (κ3) is 4.20. The number of carbonyl (C=O) groups is 1. The minimum Gasteiger partial charge on any atom is -0.460 e. The Balaban J connectivity index is 2.08. The van der Waals surface area contributed by atoms with E-state index in [4.69, 9.17) is 4.74 Å². The average molecular weight is 264 g/mol.